The number of thioether (sulfide) groups is 1. The Bertz CT molecular complexity index is 646. The summed E-state index contributed by atoms with van der Waals surface area (Å²) >= 11 is 5.03. The van der Waals surface area contributed by atoms with Gasteiger partial charge in [-0.25, -0.2) is 0 Å². The van der Waals surface area contributed by atoms with Gasteiger partial charge in [0.25, 0.3) is 0 Å². The van der Waals surface area contributed by atoms with Gasteiger partial charge in [0.15, 0.2) is 0 Å². The van der Waals surface area contributed by atoms with Crippen molar-refractivity contribution in [2.75, 3.05) is 12.9 Å². The van der Waals surface area contributed by atoms with Crippen LogP contribution in [0.5, 0.6) is 5.75 Å². The molecule has 1 amide bonds. The van der Waals surface area contributed by atoms with Crippen molar-refractivity contribution in [3.8, 4) is 5.75 Å². The Balaban J connectivity index is 1.81. The second-order valence-electron chi connectivity index (χ2n) is 5.15. The molecule has 5 heteroatoms. The maximum atomic E-state index is 12.1. The van der Waals surface area contributed by atoms with Gasteiger partial charge in [-0.15, -0.1) is 11.8 Å². The van der Waals surface area contributed by atoms with E-state index in [-0.39, 0.29) is 11.9 Å². The minimum atomic E-state index is -0.0769. The Hall–Kier alpha value is -1.46. The molecule has 0 spiro atoms. The highest BCUT2D eigenvalue weighted by atomic mass is 79.9. The molecule has 0 saturated carbocycles. The van der Waals surface area contributed by atoms with Crippen molar-refractivity contribution in [3.05, 3.63) is 64.1 Å². The van der Waals surface area contributed by atoms with E-state index in [1.807, 2.05) is 43.3 Å². The Morgan fingerprint density at radius 1 is 1.22 bits per heavy atom. The van der Waals surface area contributed by atoms with Crippen molar-refractivity contribution in [2.45, 2.75) is 18.7 Å². The number of hydrogen-bond acceptors (Lipinski definition) is 3. The zero-order valence-corrected chi connectivity index (χ0v) is 15.6. The number of halogens is 1. The number of para-hydroxylation sites is 1. The van der Waals surface area contributed by atoms with Crippen molar-refractivity contribution in [1.82, 2.24) is 5.32 Å². The molecule has 0 aliphatic carbocycles. The largest absolute Gasteiger partial charge is 0.496 e. The zero-order valence-electron chi connectivity index (χ0n) is 13.2. The molecule has 3 nitrogen and oxygen atoms in total. The van der Waals surface area contributed by atoms with Crippen molar-refractivity contribution in [1.29, 1.82) is 0 Å². The molecule has 0 fully saturated rings. The number of carbonyl (C=O) groups is 1. The van der Waals surface area contributed by atoms with E-state index in [9.17, 15) is 4.79 Å². The highest BCUT2D eigenvalue weighted by Crippen LogP contribution is 2.24. The summed E-state index contributed by atoms with van der Waals surface area (Å²) in [5, 5.41) is 3.02. The van der Waals surface area contributed by atoms with E-state index in [0.717, 1.165) is 21.5 Å². The second kappa shape index (κ2) is 8.99. The molecule has 1 N–H and O–H groups in total. The van der Waals surface area contributed by atoms with Crippen LogP contribution >= 0.6 is 27.7 Å². The van der Waals surface area contributed by atoms with Gasteiger partial charge in [-0.3, -0.25) is 4.79 Å². The molecule has 2 aromatic carbocycles. The van der Waals surface area contributed by atoms with Crippen LogP contribution in [0.4, 0.5) is 0 Å². The molecule has 2 rings (SSSR count). The Morgan fingerprint density at radius 2 is 1.91 bits per heavy atom. The molecule has 0 aromatic heterocycles. The van der Waals surface area contributed by atoms with Crippen molar-refractivity contribution in [2.24, 2.45) is 0 Å². The molecule has 1 atom stereocenters. The first-order valence-electron chi connectivity index (χ1n) is 7.34. The number of methoxy groups -OCH3 is 1. The van der Waals surface area contributed by atoms with E-state index in [1.54, 1.807) is 18.9 Å². The average Bonchev–Trinajstić information content (AvgIpc) is 2.56. The maximum Gasteiger partial charge on any atom is 0.230 e. The lowest BCUT2D eigenvalue weighted by Crippen LogP contribution is -2.28. The summed E-state index contributed by atoms with van der Waals surface area (Å²) in [6.07, 6.45) is 0. The van der Waals surface area contributed by atoms with Crippen LogP contribution in [0.25, 0.3) is 0 Å². The van der Waals surface area contributed by atoms with Crippen molar-refractivity contribution < 1.29 is 9.53 Å². The number of ether oxygens (including phenoxy) is 1. The molecule has 0 aliphatic heterocycles. The summed E-state index contributed by atoms with van der Waals surface area (Å²) in [4.78, 5) is 12.1. The third-order valence-corrected chi connectivity index (χ3v) is 4.93. The highest BCUT2D eigenvalue weighted by Gasteiger charge is 2.13. The predicted molar refractivity (Wildman–Crippen MR) is 99.9 cm³/mol. The van der Waals surface area contributed by atoms with Crippen LogP contribution in [0, 0.1) is 0 Å². The first kappa shape index (κ1) is 17.9. The van der Waals surface area contributed by atoms with Crippen LogP contribution in [-0.4, -0.2) is 18.8 Å². The van der Waals surface area contributed by atoms with Gasteiger partial charge >= 0.3 is 0 Å². The lowest BCUT2D eigenvalue weighted by atomic mass is 10.1. The van der Waals surface area contributed by atoms with E-state index in [4.69, 9.17) is 4.74 Å². The highest BCUT2D eigenvalue weighted by molar-refractivity contribution is 9.10. The number of amides is 1. The minimum Gasteiger partial charge on any atom is -0.496 e. The van der Waals surface area contributed by atoms with E-state index < -0.39 is 0 Å². The van der Waals surface area contributed by atoms with Crippen LogP contribution < -0.4 is 10.1 Å². The number of benzene rings is 2. The van der Waals surface area contributed by atoms with Gasteiger partial charge in [-0.2, -0.15) is 0 Å². The van der Waals surface area contributed by atoms with Crippen molar-refractivity contribution in [3.63, 3.8) is 0 Å². The summed E-state index contributed by atoms with van der Waals surface area (Å²) in [5.41, 5.74) is 2.20. The van der Waals surface area contributed by atoms with Crippen molar-refractivity contribution >= 4 is 33.6 Å². The summed E-state index contributed by atoms with van der Waals surface area (Å²) < 4.78 is 6.40. The first-order chi connectivity index (χ1) is 11.1. The van der Waals surface area contributed by atoms with Crippen LogP contribution in [0.1, 0.15) is 24.1 Å². The molecule has 0 heterocycles. The topological polar surface area (TPSA) is 38.3 Å². The molecule has 0 saturated heterocycles. The number of hydrogen-bond donors (Lipinski definition) is 1. The van der Waals surface area contributed by atoms with Gasteiger partial charge in [-0.05, 0) is 30.7 Å². The molecule has 0 aliphatic rings. The molecule has 0 bridgehead atoms. The average molecular weight is 394 g/mol. The van der Waals surface area contributed by atoms with Gasteiger partial charge in [0.2, 0.25) is 5.91 Å². The quantitative estimate of drug-likeness (QED) is 0.748. The SMILES string of the molecule is COc1ccccc1C(C)NC(=O)CSCc1ccc(Br)cc1. The molecular formula is C18H20BrNO2S. The molecule has 1 unspecified atom stereocenters. The van der Waals surface area contributed by atoms with Gasteiger partial charge in [-0.1, -0.05) is 46.3 Å². The fourth-order valence-corrected chi connectivity index (χ4v) is 3.29. The molecule has 2 aromatic rings. The lowest BCUT2D eigenvalue weighted by molar-refractivity contribution is -0.119. The number of carbonyl (C=O) groups excluding carboxylic acids is 1. The Labute approximate surface area is 149 Å². The molecule has 23 heavy (non-hydrogen) atoms. The van der Waals surface area contributed by atoms with Crippen LogP contribution in [-0.2, 0) is 10.5 Å². The standard InChI is InChI=1S/C18H20BrNO2S/c1-13(16-5-3-4-6-17(16)22-2)20-18(21)12-23-11-14-7-9-15(19)10-8-14/h3-10,13H,11-12H2,1-2H3,(H,20,21). The summed E-state index contributed by atoms with van der Waals surface area (Å²) in [6.45, 7) is 1.97. The zero-order chi connectivity index (χ0) is 16.7. The summed E-state index contributed by atoms with van der Waals surface area (Å²) in [5.74, 6) is 2.09. The Kier molecular flexibility index (Phi) is 6.99. The molecular weight excluding hydrogens is 374 g/mol. The van der Waals surface area contributed by atoms with Gasteiger partial charge in [0.1, 0.15) is 5.75 Å². The van der Waals surface area contributed by atoms with E-state index in [0.29, 0.717) is 5.75 Å². The van der Waals surface area contributed by atoms with E-state index >= 15 is 0 Å². The van der Waals surface area contributed by atoms with Gasteiger partial charge < -0.3 is 10.1 Å². The van der Waals surface area contributed by atoms with E-state index in [2.05, 4.69) is 33.4 Å². The number of nitrogens with one attached hydrogen (secondary N) is 1. The maximum absolute atomic E-state index is 12.1. The first-order valence-corrected chi connectivity index (χ1v) is 9.29. The lowest BCUT2D eigenvalue weighted by Gasteiger charge is -2.17. The van der Waals surface area contributed by atoms with E-state index in [1.165, 1.54) is 5.56 Å². The second-order valence-corrected chi connectivity index (χ2v) is 7.05. The van der Waals surface area contributed by atoms with Crippen LogP contribution in [0.15, 0.2) is 53.0 Å². The van der Waals surface area contributed by atoms with Crippen LogP contribution in [0.2, 0.25) is 0 Å². The monoisotopic (exact) mass is 393 g/mol. The minimum absolute atomic E-state index is 0.0329. The normalized spacial score (nSPS) is 11.8. The molecule has 0 radical (unpaired) electrons. The summed E-state index contributed by atoms with van der Waals surface area (Å²) in [6, 6.07) is 15.8. The smallest absolute Gasteiger partial charge is 0.230 e. The number of rotatable bonds is 7. The Morgan fingerprint density at radius 3 is 2.61 bits per heavy atom. The fourth-order valence-electron chi connectivity index (χ4n) is 2.23. The summed E-state index contributed by atoms with van der Waals surface area (Å²) in [7, 11) is 1.64. The third-order valence-electron chi connectivity index (χ3n) is 3.40. The fraction of sp³-hybridized carbons (Fsp3) is 0.278. The van der Waals surface area contributed by atoms with Gasteiger partial charge in [0, 0.05) is 15.8 Å². The predicted octanol–water partition coefficient (Wildman–Crippen LogP) is 4.57. The van der Waals surface area contributed by atoms with Crippen LogP contribution in [0.3, 0.4) is 0 Å². The van der Waals surface area contributed by atoms with Gasteiger partial charge in [0.05, 0.1) is 18.9 Å². The third kappa shape index (κ3) is 5.59. The molecule has 122 valence electrons.